The maximum Gasteiger partial charge on any atom is 0.324 e. The van der Waals surface area contributed by atoms with Crippen molar-refractivity contribution in [1.29, 1.82) is 0 Å². The minimum absolute atomic E-state index is 0.00221. The van der Waals surface area contributed by atoms with E-state index in [1.165, 1.54) is 27.1 Å². The number of likely N-dealkylation sites (N-methyl/N-ethyl adjacent to an activating group) is 1. The molecule has 1 unspecified atom stereocenters. The van der Waals surface area contributed by atoms with E-state index in [1.807, 2.05) is 26.0 Å². The van der Waals surface area contributed by atoms with Crippen LogP contribution >= 0.6 is 0 Å². The number of likely N-dealkylation sites (tertiary alicyclic amines) is 1. The van der Waals surface area contributed by atoms with Gasteiger partial charge in [-0.3, -0.25) is 29.0 Å². The van der Waals surface area contributed by atoms with Crippen molar-refractivity contribution in [2.75, 3.05) is 33.3 Å². The van der Waals surface area contributed by atoms with Crippen LogP contribution in [0.5, 0.6) is 5.75 Å². The van der Waals surface area contributed by atoms with Crippen molar-refractivity contribution < 1.29 is 38.6 Å². The second-order valence-corrected chi connectivity index (χ2v) is 19.3. The topological polar surface area (TPSA) is 163 Å². The first-order valence-corrected chi connectivity index (χ1v) is 23.0. The highest BCUT2D eigenvalue weighted by atomic mass is 16.5. The van der Waals surface area contributed by atoms with E-state index < -0.39 is 47.2 Å². The predicted octanol–water partition coefficient (Wildman–Crippen LogP) is 5.90. The van der Waals surface area contributed by atoms with Crippen LogP contribution in [0.1, 0.15) is 76.1 Å². The van der Waals surface area contributed by atoms with Gasteiger partial charge in [-0.25, -0.2) is 5.43 Å². The highest BCUT2D eigenvalue weighted by Gasteiger charge is 2.40. The number of rotatable bonds is 8. The number of fused-ring (bicyclic) bond motifs is 7. The molecule has 4 atom stereocenters. The lowest BCUT2D eigenvalue weighted by Crippen LogP contribution is -2.62. The summed E-state index contributed by atoms with van der Waals surface area (Å²) in [5.41, 5.74) is 11.6. The van der Waals surface area contributed by atoms with E-state index in [1.54, 1.807) is 24.1 Å². The number of amides is 4. The lowest BCUT2D eigenvalue weighted by Gasteiger charge is -2.37. The summed E-state index contributed by atoms with van der Waals surface area (Å²) in [6.45, 7) is 16.4. The summed E-state index contributed by atoms with van der Waals surface area (Å²) in [7, 11) is 1.59. The lowest BCUT2D eigenvalue weighted by atomic mass is 9.83. The molecule has 1 aromatic heterocycles. The maximum atomic E-state index is 14.7. The Morgan fingerprint density at radius 1 is 1.03 bits per heavy atom. The number of phenolic OH excluding ortho intramolecular Hbond substituents is 1. The van der Waals surface area contributed by atoms with E-state index >= 15 is 0 Å². The third-order valence-corrected chi connectivity index (χ3v) is 13.6. The van der Waals surface area contributed by atoms with Crippen molar-refractivity contribution in [2.45, 2.75) is 105 Å². The van der Waals surface area contributed by atoms with Gasteiger partial charge >= 0.3 is 5.97 Å². The number of esters is 1. The molecule has 0 radical (unpaired) electrons. The molecular formula is C51H62N6O8. The monoisotopic (exact) mass is 886 g/mol. The van der Waals surface area contributed by atoms with E-state index in [4.69, 9.17) is 9.47 Å². The number of ether oxygens (including phenoxy) is 2. The maximum absolute atomic E-state index is 14.7. The first-order valence-electron chi connectivity index (χ1n) is 23.0. The fourth-order valence-electron chi connectivity index (χ4n) is 10.3. The van der Waals surface area contributed by atoms with Gasteiger partial charge in [-0.05, 0) is 102 Å². The zero-order chi connectivity index (χ0) is 46.3. The summed E-state index contributed by atoms with van der Waals surface area (Å²) >= 11 is 0. The molecule has 6 bridgehead atoms. The number of hydrogen-bond donors (Lipinski definition) is 3. The number of aromatic nitrogens is 1. The van der Waals surface area contributed by atoms with Crippen LogP contribution in [0.25, 0.3) is 33.3 Å². The number of hydrazine groups is 1. The Bertz CT molecular complexity index is 2540. The van der Waals surface area contributed by atoms with Gasteiger partial charge in [0.25, 0.3) is 5.91 Å². The Morgan fingerprint density at radius 2 is 1.83 bits per heavy atom. The highest BCUT2D eigenvalue weighted by Crippen LogP contribution is 2.43. The van der Waals surface area contributed by atoms with Gasteiger partial charge in [0.1, 0.15) is 23.9 Å². The Hall–Kier alpha value is -5.99. The normalized spacial score (nSPS) is 21.4. The van der Waals surface area contributed by atoms with Gasteiger partial charge in [-0.15, -0.1) is 0 Å². The van der Waals surface area contributed by atoms with Crippen molar-refractivity contribution in [3.8, 4) is 28.1 Å². The van der Waals surface area contributed by atoms with E-state index in [0.717, 1.165) is 38.9 Å². The van der Waals surface area contributed by atoms with Crippen LogP contribution in [0, 0.1) is 17.3 Å². The summed E-state index contributed by atoms with van der Waals surface area (Å²) in [5, 5.41) is 16.8. The van der Waals surface area contributed by atoms with Crippen molar-refractivity contribution in [2.24, 2.45) is 17.3 Å². The zero-order valence-corrected chi connectivity index (χ0v) is 38.4. The van der Waals surface area contributed by atoms with Crippen LogP contribution in [-0.4, -0.2) is 105 Å². The Labute approximate surface area is 380 Å². The number of aromatic hydroxyl groups is 1. The Kier molecular flexibility index (Phi) is 13.0. The van der Waals surface area contributed by atoms with Crippen molar-refractivity contribution in [3.05, 3.63) is 89.5 Å². The lowest BCUT2D eigenvalue weighted by molar-refractivity contribution is -0.155. The molecule has 65 heavy (non-hydrogen) atoms. The molecule has 4 aliphatic rings. The molecule has 2 saturated heterocycles. The van der Waals surface area contributed by atoms with Crippen LogP contribution in [0.3, 0.4) is 0 Å². The van der Waals surface area contributed by atoms with Gasteiger partial charge in [0.05, 0.1) is 31.4 Å². The van der Waals surface area contributed by atoms with Gasteiger partial charge < -0.3 is 34.3 Å². The number of phenols is 1. The average Bonchev–Trinajstić information content (AvgIpc) is 4.05. The zero-order valence-electron chi connectivity index (χ0n) is 38.4. The number of carbonyl (C=O) groups excluding carboxylic acids is 5. The third kappa shape index (κ3) is 9.15. The number of nitrogens with zero attached hydrogens (tertiary/aromatic N) is 4. The van der Waals surface area contributed by atoms with Gasteiger partial charge in [-0.1, -0.05) is 64.6 Å². The molecule has 5 heterocycles. The van der Waals surface area contributed by atoms with E-state index in [9.17, 15) is 29.1 Å². The predicted molar refractivity (Wildman–Crippen MR) is 247 cm³/mol. The number of cyclic esters (lactones) is 1. The smallest absolute Gasteiger partial charge is 0.324 e. The standard InChI is InChI=1S/C51H62N6O8/c1-8-44(59)55-19-17-33(26-55)48(61)54(7)45(30(3)4)47(60)52-42-22-31-20-35(23-36(58)21-31)32-15-16-43-38(24-32)39(46(56(43)9-2)37-13-10-12-34-27-64-28-40(34)37)25-51(5,6)29-65-50(63)41-14-11-18-57(53-41)49(42)62/h8,10,12-13,15-16,20-21,23-24,30,33,41-42,45,53,58H,1,9,11,14,17-19,22,25-29H2,2-7H3,(H,52,60)/t33-,41-,42-,45?/m0/s1. The molecule has 0 aliphatic carbocycles. The molecule has 3 aromatic carbocycles. The summed E-state index contributed by atoms with van der Waals surface area (Å²) in [5.74, 6) is -2.79. The summed E-state index contributed by atoms with van der Waals surface area (Å²) in [4.78, 5) is 72.3. The van der Waals surface area contributed by atoms with Crippen molar-refractivity contribution >= 4 is 40.5 Å². The molecule has 8 rings (SSSR count). The fourth-order valence-corrected chi connectivity index (χ4v) is 10.3. The van der Waals surface area contributed by atoms with Gasteiger partial charge in [0.15, 0.2) is 0 Å². The van der Waals surface area contributed by atoms with Crippen LogP contribution in [-0.2, 0) is 66.0 Å². The van der Waals surface area contributed by atoms with E-state index in [2.05, 4.69) is 73.0 Å². The number of hydrogen-bond acceptors (Lipinski definition) is 9. The quantitative estimate of drug-likeness (QED) is 0.145. The number of aryl methyl sites for hydroxylation is 1. The minimum Gasteiger partial charge on any atom is -0.508 e. The van der Waals surface area contributed by atoms with Crippen LogP contribution in [0.2, 0.25) is 0 Å². The van der Waals surface area contributed by atoms with Crippen LogP contribution in [0.4, 0.5) is 0 Å². The first-order chi connectivity index (χ1) is 31.1. The van der Waals surface area contributed by atoms with E-state index in [0.29, 0.717) is 57.6 Å². The fraction of sp³-hybridized carbons (Fsp3) is 0.471. The SMILES string of the molecule is C=CC(=O)N1CC[C@H](C(=O)N(C)C(C(=O)N[C@H]2Cc3cc(O)cc(c3)-c3ccc4c(c3)c(c(-c3cccc5c3COC5)n4CC)CC(C)(C)COC(=O)[C@@H]3CCCN(N3)C2=O)C(C)C)C1. The third-order valence-electron chi connectivity index (χ3n) is 13.6. The number of benzene rings is 3. The van der Waals surface area contributed by atoms with Gasteiger partial charge in [-0.2, -0.15) is 0 Å². The second kappa shape index (κ2) is 18.5. The van der Waals surface area contributed by atoms with Crippen LogP contribution < -0.4 is 10.7 Å². The van der Waals surface area contributed by atoms with Gasteiger partial charge in [0, 0.05) is 61.5 Å². The van der Waals surface area contributed by atoms with Gasteiger partial charge in [0.2, 0.25) is 17.7 Å². The molecule has 3 N–H and O–H groups in total. The molecule has 0 spiro atoms. The summed E-state index contributed by atoms with van der Waals surface area (Å²) in [6, 6.07) is 15.0. The second-order valence-electron chi connectivity index (χ2n) is 19.3. The molecular weight excluding hydrogens is 825 g/mol. The first kappa shape index (κ1) is 45.6. The van der Waals surface area contributed by atoms with Crippen molar-refractivity contribution in [3.63, 3.8) is 0 Å². The number of nitrogens with one attached hydrogen (secondary N) is 2. The molecule has 0 saturated carbocycles. The Balaban J connectivity index is 1.19. The minimum atomic E-state index is -1.15. The molecule has 14 nitrogen and oxygen atoms in total. The molecule has 14 heteroatoms. The van der Waals surface area contributed by atoms with Crippen LogP contribution in [0.15, 0.2) is 67.3 Å². The average molecular weight is 887 g/mol. The number of carbonyl (C=O) groups is 5. The van der Waals surface area contributed by atoms with Crippen molar-refractivity contribution in [1.82, 2.24) is 30.1 Å². The molecule has 4 aliphatic heterocycles. The molecule has 4 amide bonds. The summed E-state index contributed by atoms with van der Waals surface area (Å²) < 4.78 is 14.4. The molecule has 4 aromatic rings. The highest BCUT2D eigenvalue weighted by molar-refractivity contribution is 5.96. The van der Waals surface area contributed by atoms with E-state index in [-0.39, 0.29) is 49.6 Å². The Morgan fingerprint density at radius 3 is 2.58 bits per heavy atom. The molecule has 2 fully saturated rings. The largest absolute Gasteiger partial charge is 0.508 e. The summed E-state index contributed by atoms with van der Waals surface area (Å²) in [6.07, 6.45) is 3.25. The molecule has 344 valence electrons.